The van der Waals surface area contributed by atoms with Gasteiger partial charge in [-0.15, -0.1) is 0 Å². The lowest BCUT2D eigenvalue weighted by Crippen LogP contribution is -2.40. The molecule has 0 fully saturated rings. The highest BCUT2D eigenvalue weighted by Crippen LogP contribution is 2.71. The monoisotopic (exact) mass is 424 g/mol. The standard InChI is InChI=1S/C27H36O4/c1-6-13-25(4)15-27(22-16(25)9-11-19(29)24(22)31)17-10-12-18(28)23(30)21(17)26(5,14-7-2)20(27)8-3/h9-12,20,28-31H,6-8,13-15H2,1-5H3. The van der Waals surface area contributed by atoms with Gasteiger partial charge in [-0.3, -0.25) is 0 Å². The minimum Gasteiger partial charge on any atom is -0.504 e. The fourth-order valence-corrected chi connectivity index (χ4v) is 7.69. The van der Waals surface area contributed by atoms with Crippen molar-refractivity contribution in [2.75, 3.05) is 0 Å². The second-order valence-electron chi connectivity index (χ2n) is 10.3. The molecule has 4 unspecified atom stereocenters. The molecule has 4 atom stereocenters. The average molecular weight is 425 g/mol. The summed E-state index contributed by atoms with van der Waals surface area (Å²) in [6.07, 6.45) is 5.49. The number of phenolic OH excluding ortho intramolecular Hbond substituents is 4. The molecule has 2 aliphatic carbocycles. The molecule has 0 bridgehead atoms. The highest BCUT2D eigenvalue weighted by molar-refractivity contribution is 5.70. The number of benzene rings is 2. The third-order valence-electron chi connectivity index (χ3n) is 8.47. The number of phenols is 4. The van der Waals surface area contributed by atoms with E-state index >= 15 is 0 Å². The van der Waals surface area contributed by atoms with Gasteiger partial charge in [-0.2, -0.15) is 0 Å². The van der Waals surface area contributed by atoms with Crippen molar-refractivity contribution in [3.05, 3.63) is 46.5 Å². The Balaban J connectivity index is 2.15. The lowest BCUT2D eigenvalue weighted by molar-refractivity contribution is 0.180. The molecule has 0 aliphatic heterocycles. The Hall–Kier alpha value is -2.36. The number of hydrogen-bond donors (Lipinski definition) is 4. The molecule has 0 saturated carbocycles. The first-order chi connectivity index (χ1) is 14.6. The van der Waals surface area contributed by atoms with Gasteiger partial charge in [0.2, 0.25) is 0 Å². The van der Waals surface area contributed by atoms with E-state index in [0.29, 0.717) is 0 Å². The molecule has 2 aromatic carbocycles. The maximum Gasteiger partial charge on any atom is 0.161 e. The predicted octanol–water partition coefficient (Wildman–Crippen LogP) is 6.35. The van der Waals surface area contributed by atoms with E-state index in [1.165, 1.54) is 0 Å². The Kier molecular flexibility index (Phi) is 4.99. The van der Waals surface area contributed by atoms with Crippen LogP contribution in [-0.4, -0.2) is 20.4 Å². The van der Waals surface area contributed by atoms with Crippen molar-refractivity contribution in [2.45, 2.75) is 89.4 Å². The molecular weight excluding hydrogens is 388 g/mol. The summed E-state index contributed by atoms with van der Waals surface area (Å²) in [5.41, 5.74) is 2.70. The molecule has 0 aromatic heterocycles. The van der Waals surface area contributed by atoms with Crippen LogP contribution in [0.3, 0.4) is 0 Å². The van der Waals surface area contributed by atoms with Crippen molar-refractivity contribution in [3.63, 3.8) is 0 Å². The Morgan fingerprint density at radius 2 is 1.32 bits per heavy atom. The molecule has 2 aliphatic rings. The van der Waals surface area contributed by atoms with Crippen molar-refractivity contribution in [1.29, 1.82) is 0 Å². The summed E-state index contributed by atoms with van der Waals surface area (Å²) < 4.78 is 0. The van der Waals surface area contributed by atoms with Crippen LogP contribution in [0.5, 0.6) is 23.0 Å². The summed E-state index contributed by atoms with van der Waals surface area (Å²) in [6, 6.07) is 7.11. The Labute approximate surface area is 185 Å². The zero-order chi connectivity index (χ0) is 22.8. The summed E-state index contributed by atoms with van der Waals surface area (Å²) in [7, 11) is 0. The fourth-order valence-electron chi connectivity index (χ4n) is 7.69. The number of aromatic hydroxyl groups is 4. The molecule has 2 aromatic rings. The fraction of sp³-hybridized carbons (Fsp3) is 0.556. The van der Waals surface area contributed by atoms with Gasteiger partial charge in [0.05, 0.1) is 0 Å². The van der Waals surface area contributed by atoms with Crippen LogP contribution in [0.25, 0.3) is 0 Å². The minimum absolute atomic E-state index is 0.0324. The van der Waals surface area contributed by atoms with Gasteiger partial charge in [-0.25, -0.2) is 0 Å². The molecule has 4 rings (SSSR count). The number of hydrogen-bond acceptors (Lipinski definition) is 4. The Bertz CT molecular complexity index is 1030. The largest absolute Gasteiger partial charge is 0.504 e. The summed E-state index contributed by atoms with van der Waals surface area (Å²) in [5, 5.41) is 43.3. The first-order valence-corrected chi connectivity index (χ1v) is 11.7. The van der Waals surface area contributed by atoms with Crippen LogP contribution in [0.1, 0.15) is 95.4 Å². The van der Waals surface area contributed by atoms with Crippen LogP contribution in [0, 0.1) is 5.92 Å². The third-order valence-corrected chi connectivity index (χ3v) is 8.47. The van der Waals surface area contributed by atoms with Crippen LogP contribution < -0.4 is 0 Å². The highest BCUT2D eigenvalue weighted by Gasteiger charge is 2.65. The second kappa shape index (κ2) is 7.08. The van der Waals surface area contributed by atoms with Crippen molar-refractivity contribution in [1.82, 2.24) is 0 Å². The van der Waals surface area contributed by atoms with E-state index in [4.69, 9.17) is 0 Å². The summed E-state index contributed by atoms with van der Waals surface area (Å²) in [6.45, 7) is 11.0. The van der Waals surface area contributed by atoms with Gasteiger partial charge >= 0.3 is 0 Å². The zero-order valence-corrected chi connectivity index (χ0v) is 19.4. The minimum atomic E-state index is -0.527. The molecule has 4 nitrogen and oxygen atoms in total. The van der Waals surface area contributed by atoms with Crippen molar-refractivity contribution >= 4 is 0 Å². The molecule has 31 heavy (non-hydrogen) atoms. The normalized spacial score (nSPS) is 31.2. The van der Waals surface area contributed by atoms with Crippen LogP contribution in [0.15, 0.2) is 24.3 Å². The van der Waals surface area contributed by atoms with Crippen LogP contribution in [0.4, 0.5) is 0 Å². The van der Waals surface area contributed by atoms with E-state index in [9.17, 15) is 20.4 Å². The van der Waals surface area contributed by atoms with Gasteiger partial charge in [0.15, 0.2) is 23.0 Å². The maximum atomic E-state index is 11.2. The van der Waals surface area contributed by atoms with Crippen molar-refractivity contribution < 1.29 is 20.4 Å². The van der Waals surface area contributed by atoms with Gasteiger partial charge < -0.3 is 20.4 Å². The first kappa shape index (κ1) is 21.9. The van der Waals surface area contributed by atoms with E-state index in [1.807, 2.05) is 12.1 Å². The highest BCUT2D eigenvalue weighted by atomic mass is 16.3. The Morgan fingerprint density at radius 1 is 0.774 bits per heavy atom. The second-order valence-corrected chi connectivity index (χ2v) is 10.3. The molecule has 0 amide bonds. The van der Waals surface area contributed by atoms with Crippen LogP contribution in [-0.2, 0) is 16.2 Å². The SMILES string of the molecule is CCCC1(C)CC2(c3ccc(O)c(O)c3C(C)(CCC)C2CC)c2c1ccc(O)c2O. The lowest BCUT2D eigenvalue weighted by atomic mass is 9.61. The Morgan fingerprint density at radius 3 is 1.87 bits per heavy atom. The zero-order valence-electron chi connectivity index (χ0n) is 19.4. The third kappa shape index (κ3) is 2.60. The molecule has 0 radical (unpaired) electrons. The molecule has 4 heteroatoms. The van der Waals surface area contributed by atoms with Gasteiger partial charge in [0.25, 0.3) is 0 Å². The summed E-state index contributed by atoms with van der Waals surface area (Å²) in [5.74, 6) is -0.137. The smallest absolute Gasteiger partial charge is 0.161 e. The van der Waals surface area contributed by atoms with Crippen LogP contribution >= 0.6 is 0 Å². The maximum absolute atomic E-state index is 11.2. The van der Waals surface area contributed by atoms with Crippen LogP contribution in [0.2, 0.25) is 0 Å². The van der Waals surface area contributed by atoms with E-state index in [1.54, 1.807) is 12.1 Å². The van der Waals surface area contributed by atoms with E-state index < -0.39 is 5.41 Å². The lowest BCUT2D eigenvalue weighted by Gasteiger charge is -2.42. The van der Waals surface area contributed by atoms with E-state index in [-0.39, 0.29) is 39.7 Å². The molecule has 0 heterocycles. The van der Waals surface area contributed by atoms with Crippen molar-refractivity contribution in [2.24, 2.45) is 5.92 Å². The molecule has 168 valence electrons. The first-order valence-electron chi connectivity index (χ1n) is 11.7. The molecule has 0 saturated heterocycles. The topological polar surface area (TPSA) is 80.9 Å². The number of rotatable bonds is 5. The van der Waals surface area contributed by atoms with Gasteiger partial charge in [0, 0.05) is 22.0 Å². The van der Waals surface area contributed by atoms with Gasteiger partial charge in [-0.05, 0) is 53.9 Å². The van der Waals surface area contributed by atoms with Crippen molar-refractivity contribution in [3.8, 4) is 23.0 Å². The van der Waals surface area contributed by atoms with Gasteiger partial charge in [0.1, 0.15) is 0 Å². The summed E-state index contributed by atoms with van der Waals surface area (Å²) in [4.78, 5) is 0. The molecule has 4 N–H and O–H groups in total. The summed E-state index contributed by atoms with van der Waals surface area (Å²) >= 11 is 0. The predicted molar refractivity (Wildman–Crippen MR) is 123 cm³/mol. The average Bonchev–Trinajstić information content (AvgIpc) is 3.08. The molecule has 1 spiro atoms. The van der Waals surface area contributed by atoms with Gasteiger partial charge in [-0.1, -0.05) is 66.0 Å². The number of fused-ring (bicyclic) bond motifs is 4. The molecular formula is C27H36O4. The van der Waals surface area contributed by atoms with E-state index in [2.05, 4.69) is 34.6 Å². The van der Waals surface area contributed by atoms with E-state index in [0.717, 1.165) is 60.8 Å². The quantitative estimate of drug-likeness (QED) is 0.421.